The highest BCUT2D eigenvalue weighted by Gasteiger charge is 2.21. The molecular formula is C16H16N4O3. The van der Waals surface area contributed by atoms with Crippen molar-refractivity contribution in [3.05, 3.63) is 47.9 Å². The zero-order valence-electron chi connectivity index (χ0n) is 12.4. The van der Waals surface area contributed by atoms with E-state index >= 15 is 0 Å². The van der Waals surface area contributed by atoms with Gasteiger partial charge in [-0.15, -0.1) is 0 Å². The number of carbonyl (C=O) groups is 2. The second-order valence-electron chi connectivity index (χ2n) is 5.26. The van der Waals surface area contributed by atoms with Crippen LogP contribution in [0.25, 0.3) is 0 Å². The van der Waals surface area contributed by atoms with Gasteiger partial charge in [-0.05, 0) is 24.1 Å². The topological polar surface area (TPSA) is 95.4 Å². The summed E-state index contributed by atoms with van der Waals surface area (Å²) in [6.45, 7) is 1.27. The molecule has 0 spiro atoms. The van der Waals surface area contributed by atoms with Crippen LogP contribution >= 0.6 is 0 Å². The Morgan fingerprint density at radius 2 is 2.17 bits per heavy atom. The Labute approximate surface area is 133 Å². The fourth-order valence-corrected chi connectivity index (χ4v) is 2.48. The Balaban J connectivity index is 1.66. The molecule has 0 radical (unpaired) electrons. The molecule has 1 aliphatic rings. The van der Waals surface area contributed by atoms with Crippen LogP contribution < -0.4 is 10.2 Å². The molecular weight excluding hydrogens is 296 g/mol. The average molecular weight is 312 g/mol. The Morgan fingerprint density at radius 3 is 2.83 bits per heavy atom. The average Bonchev–Trinajstić information content (AvgIpc) is 3.00. The molecule has 3 rings (SSSR count). The molecule has 2 aromatic rings. The van der Waals surface area contributed by atoms with E-state index in [0.29, 0.717) is 18.8 Å². The van der Waals surface area contributed by atoms with Gasteiger partial charge in [-0.25, -0.2) is 14.8 Å². The van der Waals surface area contributed by atoms with Crippen LogP contribution in [-0.2, 0) is 11.3 Å². The van der Waals surface area contributed by atoms with Crippen molar-refractivity contribution in [2.45, 2.75) is 19.4 Å². The van der Waals surface area contributed by atoms with E-state index in [0.717, 1.165) is 24.2 Å². The molecule has 1 amide bonds. The van der Waals surface area contributed by atoms with Crippen LogP contribution in [-0.4, -0.2) is 33.5 Å². The lowest BCUT2D eigenvalue weighted by molar-refractivity contribution is -0.117. The SMILES string of the molecule is O=C(O)c1cnc(NCc2cccc(N3CCCC3=O)c2)cn1. The fraction of sp³-hybridized carbons (Fsp3) is 0.250. The van der Waals surface area contributed by atoms with Crippen LogP contribution in [0.15, 0.2) is 36.7 Å². The Hall–Kier alpha value is -2.96. The van der Waals surface area contributed by atoms with Crippen molar-refractivity contribution in [3.8, 4) is 0 Å². The van der Waals surface area contributed by atoms with E-state index in [1.54, 1.807) is 4.90 Å². The molecule has 0 bridgehead atoms. The molecule has 1 aromatic carbocycles. The second-order valence-corrected chi connectivity index (χ2v) is 5.26. The maximum Gasteiger partial charge on any atom is 0.356 e. The summed E-state index contributed by atoms with van der Waals surface area (Å²) < 4.78 is 0. The number of aromatic carboxylic acids is 1. The number of benzene rings is 1. The Kier molecular flexibility index (Phi) is 4.18. The maximum atomic E-state index is 11.8. The number of hydrogen-bond donors (Lipinski definition) is 2. The summed E-state index contributed by atoms with van der Waals surface area (Å²) in [5, 5.41) is 11.9. The monoisotopic (exact) mass is 312 g/mol. The summed E-state index contributed by atoms with van der Waals surface area (Å²) in [5.41, 5.74) is 1.82. The van der Waals surface area contributed by atoms with Gasteiger partial charge in [0.15, 0.2) is 5.69 Å². The summed E-state index contributed by atoms with van der Waals surface area (Å²) in [5.74, 6) is -0.449. The van der Waals surface area contributed by atoms with Crippen molar-refractivity contribution < 1.29 is 14.7 Å². The number of nitrogens with one attached hydrogen (secondary N) is 1. The van der Waals surface area contributed by atoms with Crippen molar-refractivity contribution in [2.75, 3.05) is 16.8 Å². The van der Waals surface area contributed by atoms with E-state index in [9.17, 15) is 9.59 Å². The van der Waals surface area contributed by atoms with Gasteiger partial charge in [-0.2, -0.15) is 0 Å². The molecule has 118 valence electrons. The van der Waals surface area contributed by atoms with Gasteiger partial charge in [0, 0.05) is 25.2 Å². The number of rotatable bonds is 5. The molecule has 0 unspecified atom stereocenters. The number of amides is 1. The minimum Gasteiger partial charge on any atom is -0.476 e. The first kappa shape index (κ1) is 15.0. The largest absolute Gasteiger partial charge is 0.476 e. The van der Waals surface area contributed by atoms with Crippen molar-refractivity contribution in [3.63, 3.8) is 0 Å². The minimum atomic E-state index is -1.10. The van der Waals surface area contributed by atoms with Crippen LogP contribution in [0.1, 0.15) is 28.9 Å². The third-order valence-electron chi connectivity index (χ3n) is 3.64. The molecule has 1 saturated heterocycles. The van der Waals surface area contributed by atoms with Gasteiger partial charge in [0.05, 0.1) is 12.4 Å². The molecule has 7 heteroatoms. The van der Waals surface area contributed by atoms with Crippen LogP contribution in [0, 0.1) is 0 Å². The van der Waals surface area contributed by atoms with Crippen molar-refractivity contribution in [1.82, 2.24) is 9.97 Å². The molecule has 2 N–H and O–H groups in total. The van der Waals surface area contributed by atoms with E-state index in [1.807, 2.05) is 24.3 Å². The Morgan fingerprint density at radius 1 is 1.30 bits per heavy atom. The van der Waals surface area contributed by atoms with E-state index in [2.05, 4.69) is 15.3 Å². The fourth-order valence-electron chi connectivity index (χ4n) is 2.48. The number of anilines is 2. The van der Waals surface area contributed by atoms with Gasteiger partial charge < -0.3 is 15.3 Å². The molecule has 0 aliphatic carbocycles. The number of carboxylic acid groups (broad SMARTS) is 1. The molecule has 0 saturated carbocycles. The predicted molar refractivity (Wildman–Crippen MR) is 84.3 cm³/mol. The minimum absolute atomic E-state index is 0.0925. The molecule has 1 aromatic heterocycles. The highest BCUT2D eigenvalue weighted by Crippen LogP contribution is 2.22. The Bertz CT molecular complexity index is 730. The third kappa shape index (κ3) is 3.45. The molecule has 1 fully saturated rings. The molecule has 2 heterocycles. The summed E-state index contributed by atoms with van der Waals surface area (Å²) in [4.78, 5) is 32.1. The second kappa shape index (κ2) is 6.43. The summed E-state index contributed by atoms with van der Waals surface area (Å²) in [7, 11) is 0. The standard InChI is InChI=1S/C16H16N4O3/c21-15-5-2-6-20(15)12-4-1-3-11(7-12)8-18-14-10-17-13(9-19-14)16(22)23/h1,3-4,7,9-10H,2,5-6,8H2,(H,18,19)(H,22,23). The normalized spacial score (nSPS) is 14.1. The number of carbonyl (C=O) groups excluding carboxylic acids is 1. The zero-order valence-corrected chi connectivity index (χ0v) is 12.4. The summed E-state index contributed by atoms with van der Waals surface area (Å²) in [6.07, 6.45) is 4.10. The first-order valence-electron chi connectivity index (χ1n) is 7.32. The lowest BCUT2D eigenvalue weighted by Gasteiger charge is -2.16. The van der Waals surface area contributed by atoms with E-state index < -0.39 is 5.97 Å². The number of aromatic nitrogens is 2. The molecule has 23 heavy (non-hydrogen) atoms. The summed E-state index contributed by atoms with van der Waals surface area (Å²) in [6, 6.07) is 7.76. The quantitative estimate of drug-likeness (QED) is 0.875. The van der Waals surface area contributed by atoms with Gasteiger partial charge in [0.1, 0.15) is 5.82 Å². The number of carboxylic acids is 1. The lowest BCUT2D eigenvalue weighted by atomic mass is 10.2. The molecule has 0 atom stereocenters. The van der Waals surface area contributed by atoms with Gasteiger partial charge >= 0.3 is 5.97 Å². The number of hydrogen-bond acceptors (Lipinski definition) is 5. The van der Waals surface area contributed by atoms with Crippen LogP contribution in [0.5, 0.6) is 0 Å². The van der Waals surface area contributed by atoms with Crippen molar-refractivity contribution >= 4 is 23.4 Å². The van der Waals surface area contributed by atoms with Crippen LogP contribution in [0.4, 0.5) is 11.5 Å². The van der Waals surface area contributed by atoms with Crippen molar-refractivity contribution in [1.29, 1.82) is 0 Å². The van der Waals surface area contributed by atoms with E-state index in [4.69, 9.17) is 5.11 Å². The van der Waals surface area contributed by atoms with Crippen molar-refractivity contribution in [2.24, 2.45) is 0 Å². The first-order valence-corrected chi connectivity index (χ1v) is 7.32. The smallest absolute Gasteiger partial charge is 0.356 e. The summed E-state index contributed by atoms with van der Waals surface area (Å²) >= 11 is 0. The highest BCUT2D eigenvalue weighted by atomic mass is 16.4. The zero-order chi connectivity index (χ0) is 16.2. The number of nitrogens with zero attached hydrogens (tertiary/aromatic N) is 3. The third-order valence-corrected chi connectivity index (χ3v) is 3.64. The predicted octanol–water partition coefficient (Wildman–Crippen LogP) is 1.91. The molecule has 7 nitrogen and oxygen atoms in total. The highest BCUT2D eigenvalue weighted by molar-refractivity contribution is 5.95. The van der Waals surface area contributed by atoms with Gasteiger partial charge in [0.25, 0.3) is 0 Å². The lowest BCUT2D eigenvalue weighted by Crippen LogP contribution is -2.23. The van der Waals surface area contributed by atoms with Gasteiger partial charge in [-0.1, -0.05) is 12.1 Å². The van der Waals surface area contributed by atoms with E-state index in [1.165, 1.54) is 12.4 Å². The van der Waals surface area contributed by atoms with E-state index in [-0.39, 0.29) is 11.6 Å². The molecule has 1 aliphatic heterocycles. The van der Waals surface area contributed by atoms with Crippen LogP contribution in [0.2, 0.25) is 0 Å². The van der Waals surface area contributed by atoms with Crippen LogP contribution in [0.3, 0.4) is 0 Å². The first-order chi connectivity index (χ1) is 11.1. The maximum absolute atomic E-state index is 11.8. The van der Waals surface area contributed by atoms with Gasteiger partial charge in [0.2, 0.25) is 5.91 Å². The van der Waals surface area contributed by atoms with Gasteiger partial charge in [-0.3, -0.25) is 4.79 Å².